The lowest BCUT2D eigenvalue weighted by molar-refractivity contribution is -0.0547. The molecule has 8 heteroatoms. The largest absolute Gasteiger partial charge is 0.390 e. The van der Waals surface area contributed by atoms with E-state index in [-0.39, 0.29) is 13.0 Å². The van der Waals surface area contributed by atoms with E-state index in [4.69, 9.17) is 9.47 Å². The van der Waals surface area contributed by atoms with Gasteiger partial charge in [0.25, 0.3) is 5.56 Å². The van der Waals surface area contributed by atoms with Gasteiger partial charge >= 0.3 is 5.69 Å². The Morgan fingerprint density at radius 2 is 2.39 bits per heavy atom. The van der Waals surface area contributed by atoms with Crippen LogP contribution in [0.2, 0.25) is 0 Å². The van der Waals surface area contributed by atoms with Crippen LogP contribution < -0.4 is 11.2 Å². The van der Waals surface area contributed by atoms with Gasteiger partial charge in [0.2, 0.25) is 0 Å². The van der Waals surface area contributed by atoms with Crippen molar-refractivity contribution in [3.63, 3.8) is 0 Å². The maximum absolute atomic E-state index is 11.7. The Hall–Kier alpha value is -0.710. The Labute approximate surface area is 116 Å². The van der Waals surface area contributed by atoms with E-state index < -0.39 is 29.7 Å². The normalized spacial score (nSPS) is 27.6. The minimum Gasteiger partial charge on any atom is -0.390 e. The first-order valence-corrected chi connectivity index (χ1v) is 6.44. The van der Waals surface area contributed by atoms with Gasteiger partial charge in [0.05, 0.1) is 16.3 Å². The van der Waals surface area contributed by atoms with Crippen molar-refractivity contribution in [1.29, 1.82) is 0 Å². The van der Waals surface area contributed by atoms with E-state index in [0.717, 1.165) is 0 Å². The number of ether oxygens (including phenoxy) is 2. The molecule has 2 N–H and O–H groups in total. The Balaban J connectivity index is 2.26. The van der Waals surface area contributed by atoms with E-state index in [1.807, 2.05) is 22.6 Å². The van der Waals surface area contributed by atoms with Gasteiger partial charge in [-0.05, 0) is 22.6 Å². The fourth-order valence-corrected chi connectivity index (χ4v) is 2.31. The Kier molecular flexibility index (Phi) is 4.20. The first-order chi connectivity index (χ1) is 8.52. The molecule has 1 aromatic rings. The van der Waals surface area contributed by atoms with Crippen LogP contribution in [0, 0.1) is 3.57 Å². The molecular formula is C10H13IN2O5. The topological polar surface area (TPSA) is 93.5 Å². The summed E-state index contributed by atoms with van der Waals surface area (Å²) in [6.07, 6.45) is -0.0226. The summed E-state index contributed by atoms with van der Waals surface area (Å²) in [7, 11) is 1.51. The molecule has 0 amide bonds. The zero-order valence-electron chi connectivity index (χ0n) is 9.63. The summed E-state index contributed by atoms with van der Waals surface area (Å²) < 4.78 is 12.1. The smallest absolute Gasteiger partial charge is 0.330 e. The lowest BCUT2D eigenvalue weighted by Gasteiger charge is -2.15. The number of aromatic amines is 1. The van der Waals surface area contributed by atoms with Crippen LogP contribution in [0.5, 0.6) is 0 Å². The molecule has 0 saturated carbocycles. The summed E-state index contributed by atoms with van der Waals surface area (Å²) >= 11 is 1.83. The fourth-order valence-electron chi connectivity index (χ4n) is 1.87. The number of hydrogen-bond donors (Lipinski definition) is 2. The number of aliphatic hydroxyl groups excluding tert-OH is 1. The van der Waals surface area contributed by atoms with Crippen molar-refractivity contribution in [2.45, 2.75) is 24.9 Å². The molecule has 0 radical (unpaired) electrons. The maximum Gasteiger partial charge on any atom is 0.330 e. The van der Waals surface area contributed by atoms with Crippen LogP contribution in [0.1, 0.15) is 12.6 Å². The van der Waals surface area contributed by atoms with Gasteiger partial charge < -0.3 is 14.6 Å². The van der Waals surface area contributed by atoms with Gasteiger partial charge in [-0.1, -0.05) is 0 Å². The van der Waals surface area contributed by atoms with E-state index in [1.54, 1.807) is 0 Å². The number of rotatable bonds is 3. The highest BCUT2D eigenvalue weighted by atomic mass is 127. The van der Waals surface area contributed by atoms with Gasteiger partial charge in [0, 0.05) is 19.7 Å². The number of H-pyrrole nitrogens is 1. The quantitative estimate of drug-likeness (QED) is 0.698. The molecule has 0 aliphatic carbocycles. The van der Waals surface area contributed by atoms with Crippen molar-refractivity contribution < 1.29 is 14.6 Å². The molecule has 0 unspecified atom stereocenters. The van der Waals surface area contributed by atoms with Crippen molar-refractivity contribution in [3.8, 4) is 0 Å². The molecule has 2 rings (SSSR count). The number of aliphatic hydroxyl groups is 1. The number of nitrogens with one attached hydrogen (secondary N) is 1. The number of aromatic nitrogens is 2. The molecular weight excluding hydrogens is 355 g/mol. The van der Waals surface area contributed by atoms with Crippen molar-refractivity contribution in [1.82, 2.24) is 9.55 Å². The fraction of sp³-hybridized carbons (Fsp3) is 0.600. The second-order valence-corrected chi connectivity index (χ2v) is 5.19. The molecule has 2 heterocycles. The Morgan fingerprint density at radius 1 is 1.67 bits per heavy atom. The first-order valence-electron chi connectivity index (χ1n) is 5.36. The standard InChI is InChI=1S/C10H13IN2O5/c1-17-4-7-6(14)2-8(18-7)13-3-5(11)9(15)12-10(13)16/h3,6-8,14H,2,4H2,1H3,(H,12,15,16)/t6-,7+,8+/m0/s1. The minimum absolute atomic E-state index is 0.257. The lowest BCUT2D eigenvalue weighted by Crippen LogP contribution is -2.33. The molecule has 7 nitrogen and oxygen atoms in total. The van der Waals surface area contributed by atoms with E-state index in [1.165, 1.54) is 17.9 Å². The summed E-state index contributed by atoms with van der Waals surface area (Å²) in [5.41, 5.74) is -0.973. The summed E-state index contributed by atoms with van der Waals surface area (Å²) in [6, 6.07) is 0. The molecule has 1 fully saturated rings. The van der Waals surface area contributed by atoms with Crippen LogP contribution in [-0.4, -0.2) is 40.6 Å². The predicted octanol–water partition coefficient (Wildman–Crippen LogP) is -0.564. The molecule has 3 atom stereocenters. The van der Waals surface area contributed by atoms with Crippen molar-refractivity contribution in [2.75, 3.05) is 13.7 Å². The van der Waals surface area contributed by atoms with Gasteiger partial charge in [-0.3, -0.25) is 14.3 Å². The van der Waals surface area contributed by atoms with Crippen LogP contribution in [-0.2, 0) is 9.47 Å². The summed E-state index contributed by atoms with van der Waals surface area (Å²) in [4.78, 5) is 25.1. The average Bonchev–Trinajstić information content (AvgIpc) is 2.66. The van der Waals surface area contributed by atoms with E-state index in [0.29, 0.717) is 3.57 Å². The van der Waals surface area contributed by atoms with Crippen LogP contribution in [0.15, 0.2) is 15.8 Å². The molecule has 18 heavy (non-hydrogen) atoms. The molecule has 1 aromatic heterocycles. The summed E-state index contributed by atoms with van der Waals surface area (Å²) in [6.45, 7) is 0.257. The van der Waals surface area contributed by atoms with Crippen molar-refractivity contribution in [3.05, 3.63) is 30.6 Å². The zero-order valence-corrected chi connectivity index (χ0v) is 11.8. The van der Waals surface area contributed by atoms with Gasteiger partial charge in [0.15, 0.2) is 0 Å². The first kappa shape index (κ1) is 13.7. The number of nitrogens with zero attached hydrogens (tertiary/aromatic N) is 1. The molecule has 1 saturated heterocycles. The van der Waals surface area contributed by atoms with Crippen molar-refractivity contribution >= 4 is 22.6 Å². The van der Waals surface area contributed by atoms with E-state index in [9.17, 15) is 14.7 Å². The van der Waals surface area contributed by atoms with Gasteiger partial charge in [-0.15, -0.1) is 0 Å². The predicted molar refractivity (Wildman–Crippen MR) is 70.4 cm³/mol. The van der Waals surface area contributed by atoms with E-state index in [2.05, 4.69) is 4.98 Å². The van der Waals surface area contributed by atoms with Gasteiger partial charge in [-0.2, -0.15) is 0 Å². The molecule has 0 aromatic carbocycles. The minimum atomic E-state index is -0.688. The second kappa shape index (κ2) is 5.51. The second-order valence-electron chi connectivity index (χ2n) is 4.03. The Bertz CT molecular complexity index is 540. The zero-order chi connectivity index (χ0) is 13.3. The van der Waals surface area contributed by atoms with E-state index >= 15 is 0 Å². The average molecular weight is 368 g/mol. The molecule has 1 aliphatic heterocycles. The third kappa shape index (κ3) is 2.66. The summed E-state index contributed by atoms with van der Waals surface area (Å²) in [5, 5.41) is 9.77. The highest BCUT2D eigenvalue weighted by molar-refractivity contribution is 14.1. The van der Waals surface area contributed by atoms with Crippen LogP contribution in [0.25, 0.3) is 0 Å². The van der Waals surface area contributed by atoms with Crippen LogP contribution >= 0.6 is 22.6 Å². The third-order valence-electron chi connectivity index (χ3n) is 2.77. The molecule has 1 aliphatic rings. The van der Waals surface area contributed by atoms with Crippen LogP contribution in [0.4, 0.5) is 0 Å². The molecule has 0 bridgehead atoms. The molecule has 0 spiro atoms. The SMILES string of the molecule is COC[C@H]1O[C@@H](n2cc(I)c(=O)[nH]c2=O)C[C@@H]1O. The molecule has 100 valence electrons. The van der Waals surface area contributed by atoms with Crippen LogP contribution in [0.3, 0.4) is 0 Å². The third-order valence-corrected chi connectivity index (χ3v) is 3.54. The summed E-state index contributed by atoms with van der Waals surface area (Å²) in [5.74, 6) is 0. The highest BCUT2D eigenvalue weighted by Crippen LogP contribution is 2.27. The monoisotopic (exact) mass is 368 g/mol. The maximum atomic E-state index is 11.7. The van der Waals surface area contributed by atoms with Crippen molar-refractivity contribution in [2.24, 2.45) is 0 Å². The number of hydrogen-bond acceptors (Lipinski definition) is 5. The Morgan fingerprint density at radius 3 is 3.06 bits per heavy atom. The van der Waals surface area contributed by atoms with Gasteiger partial charge in [-0.25, -0.2) is 4.79 Å². The highest BCUT2D eigenvalue weighted by Gasteiger charge is 2.35. The van der Waals surface area contributed by atoms with Gasteiger partial charge in [0.1, 0.15) is 12.3 Å². The lowest BCUT2D eigenvalue weighted by atomic mass is 10.2. The number of methoxy groups -OCH3 is 1. The number of halogens is 1.